The summed E-state index contributed by atoms with van der Waals surface area (Å²) in [7, 11) is 0. The fraction of sp³-hybridized carbons (Fsp3) is 0.533. The zero-order valence-electron chi connectivity index (χ0n) is 12.4. The highest BCUT2D eigenvalue weighted by Crippen LogP contribution is 2.32. The first-order chi connectivity index (χ1) is 9.78. The molecule has 0 bridgehead atoms. The summed E-state index contributed by atoms with van der Waals surface area (Å²) in [5, 5.41) is 9.37. The fourth-order valence-corrected chi connectivity index (χ4v) is 2.42. The molecule has 0 spiro atoms. The summed E-state index contributed by atoms with van der Waals surface area (Å²) in [6, 6.07) is 5.39. The first-order valence-electron chi connectivity index (χ1n) is 6.89. The van der Waals surface area contributed by atoms with E-state index in [4.69, 9.17) is 4.74 Å². The Balaban J connectivity index is 2.16. The summed E-state index contributed by atoms with van der Waals surface area (Å²) in [5.41, 5.74) is 0.0924. The molecule has 1 aliphatic heterocycles. The van der Waals surface area contributed by atoms with Crippen LogP contribution in [0.4, 0.5) is 4.79 Å². The predicted molar refractivity (Wildman–Crippen MR) is 75.9 cm³/mol. The Hall–Kier alpha value is -2.11. The van der Waals surface area contributed by atoms with Crippen molar-refractivity contribution in [3.05, 3.63) is 30.1 Å². The number of rotatable bonds is 2. The van der Waals surface area contributed by atoms with Crippen LogP contribution in [0.3, 0.4) is 0 Å². The van der Waals surface area contributed by atoms with Crippen LogP contribution in [0.2, 0.25) is 0 Å². The van der Waals surface area contributed by atoms with E-state index in [2.05, 4.69) is 4.98 Å². The van der Waals surface area contributed by atoms with Gasteiger partial charge in [0.15, 0.2) is 0 Å². The Morgan fingerprint density at radius 2 is 2.05 bits per heavy atom. The first kappa shape index (κ1) is 15.3. The largest absolute Gasteiger partial charge is 0.481 e. The molecule has 6 nitrogen and oxygen atoms in total. The highest BCUT2D eigenvalue weighted by Gasteiger charge is 2.42. The van der Waals surface area contributed by atoms with Gasteiger partial charge in [0.2, 0.25) is 0 Å². The van der Waals surface area contributed by atoms with E-state index in [1.165, 1.54) is 4.90 Å². The molecule has 1 saturated heterocycles. The molecule has 6 heteroatoms. The minimum absolute atomic E-state index is 0.144. The van der Waals surface area contributed by atoms with E-state index >= 15 is 0 Å². The van der Waals surface area contributed by atoms with E-state index in [0.29, 0.717) is 12.2 Å². The minimum Gasteiger partial charge on any atom is -0.481 e. The van der Waals surface area contributed by atoms with Gasteiger partial charge >= 0.3 is 12.1 Å². The molecule has 21 heavy (non-hydrogen) atoms. The maximum absolute atomic E-state index is 12.1. The molecule has 2 rings (SSSR count). The third kappa shape index (κ3) is 3.71. The molecule has 0 saturated carbocycles. The van der Waals surface area contributed by atoms with Gasteiger partial charge in [-0.3, -0.25) is 9.78 Å². The van der Waals surface area contributed by atoms with Gasteiger partial charge in [0.1, 0.15) is 5.60 Å². The molecular formula is C15H20N2O4. The zero-order chi connectivity index (χ0) is 15.6. The van der Waals surface area contributed by atoms with Crippen molar-refractivity contribution in [2.24, 2.45) is 5.92 Å². The van der Waals surface area contributed by atoms with Crippen LogP contribution in [-0.2, 0) is 9.53 Å². The Morgan fingerprint density at radius 1 is 1.33 bits per heavy atom. The van der Waals surface area contributed by atoms with Crippen molar-refractivity contribution in [1.29, 1.82) is 0 Å². The Morgan fingerprint density at radius 3 is 2.57 bits per heavy atom. The molecule has 1 N–H and O–H groups in total. The zero-order valence-corrected chi connectivity index (χ0v) is 12.4. The minimum atomic E-state index is -0.920. The number of carbonyl (C=O) groups is 2. The third-order valence-electron chi connectivity index (χ3n) is 3.36. The first-order valence-corrected chi connectivity index (χ1v) is 6.89. The van der Waals surface area contributed by atoms with Gasteiger partial charge in [0.05, 0.1) is 5.92 Å². The van der Waals surface area contributed by atoms with E-state index in [1.807, 2.05) is 6.07 Å². The summed E-state index contributed by atoms with van der Waals surface area (Å²) in [6.07, 6.45) is 1.15. The maximum atomic E-state index is 12.1. The molecular weight excluding hydrogens is 272 g/mol. The van der Waals surface area contributed by atoms with Crippen LogP contribution in [0.15, 0.2) is 24.4 Å². The molecule has 1 aromatic heterocycles. The number of aliphatic carboxylic acids is 1. The topological polar surface area (TPSA) is 79.7 Å². The molecule has 114 valence electrons. The molecule has 1 amide bonds. The van der Waals surface area contributed by atoms with Crippen molar-refractivity contribution in [2.45, 2.75) is 32.3 Å². The van der Waals surface area contributed by atoms with Gasteiger partial charge < -0.3 is 14.7 Å². The van der Waals surface area contributed by atoms with Gasteiger partial charge in [-0.1, -0.05) is 6.07 Å². The SMILES string of the molecule is CC(C)(C)OC(=O)N1C[C@H](C(=O)O)[C@@H](c2ccccn2)C1. The summed E-state index contributed by atoms with van der Waals surface area (Å²) in [5.74, 6) is -1.89. The smallest absolute Gasteiger partial charge is 0.410 e. The molecule has 0 unspecified atom stereocenters. The molecule has 1 aromatic rings. The van der Waals surface area contributed by atoms with E-state index < -0.39 is 23.6 Å². The quantitative estimate of drug-likeness (QED) is 0.903. The molecule has 2 atom stereocenters. The van der Waals surface area contributed by atoms with Crippen LogP contribution in [0.5, 0.6) is 0 Å². The average molecular weight is 292 g/mol. The molecule has 2 heterocycles. The van der Waals surface area contributed by atoms with Gasteiger partial charge in [-0.25, -0.2) is 4.79 Å². The lowest BCUT2D eigenvalue weighted by atomic mass is 9.93. The van der Waals surface area contributed by atoms with Gasteiger partial charge in [-0.15, -0.1) is 0 Å². The van der Waals surface area contributed by atoms with E-state index in [-0.39, 0.29) is 12.5 Å². The number of pyridine rings is 1. The fourth-order valence-electron chi connectivity index (χ4n) is 2.42. The van der Waals surface area contributed by atoms with Crippen LogP contribution in [0.25, 0.3) is 0 Å². The second kappa shape index (κ2) is 5.71. The summed E-state index contributed by atoms with van der Waals surface area (Å²) >= 11 is 0. The second-order valence-corrected chi connectivity index (χ2v) is 6.19. The van der Waals surface area contributed by atoms with Crippen molar-refractivity contribution in [3.63, 3.8) is 0 Å². The molecule has 0 aromatic carbocycles. The van der Waals surface area contributed by atoms with Gasteiger partial charge in [0.25, 0.3) is 0 Å². The lowest BCUT2D eigenvalue weighted by Gasteiger charge is -2.24. The van der Waals surface area contributed by atoms with E-state index in [9.17, 15) is 14.7 Å². The molecule has 1 fully saturated rings. The highest BCUT2D eigenvalue weighted by atomic mass is 16.6. The number of aromatic nitrogens is 1. The number of hydrogen-bond donors (Lipinski definition) is 1. The maximum Gasteiger partial charge on any atom is 0.410 e. The number of ether oxygens (including phenoxy) is 1. The molecule has 0 aliphatic carbocycles. The normalized spacial score (nSPS) is 22.1. The van der Waals surface area contributed by atoms with Gasteiger partial charge in [-0.05, 0) is 32.9 Å². The molecule has 0 radical (unpaired) electrons. The standard InChI is InChI=1S/C15H20N2O4/c1-15(2,3)21-14(20)17-8-10(11(9-17)13(18)19)12-6-4-5-7-16-12/h4-7,10-11H,8-9H2,1-3H3,(H,18,19)/t10-,11-/m0/s1. The Bertz CT molecular complexity index is 524. The van der Waals surface area contributed by atoms with Crippen molar-refractivity contribution in [3.8, 4) is 0 Å². The van der Waals surface area contributed by atoms with Crippen molar-refractivity contribution >= 4 is 12.1 Å². The van der Waals surface area contributed by atoms with Gasteiger partial charge in [0, 0.05) is 30.9 Å². The second-order valence-electron chi connectivity index (χ2n) is 6.19. The van der Waals surface area contributed by atoms with Crippen LogP contribution < -0.4 is 0 Å². The number of carboxylic acid groups (broad SMARTS) is 1. The summed E-state index contributed by atoms with van der Waals surface area (Å²) in [4.78, 5) is 29.2. The molecule has 1 aliphatic rings. The van der Waals surface area contributed by atoms with Crippen LogP contribution in [-0.4, -0.2) is 45.7 Å². The Kier molecular flexibility index (Phi) is 4.16. The van der Waals surface area contributed by atoms with Crippen LogP contribution in [0, 0.1) is 5.92 Å². The van der Waals surface area contributed by atoms with Gasteiger partial charge in [-0.2, -0.15) is 0 Å². The van der Waals surface area contributed by atoms with E-state index in [1.54, 1.807) is 39.1 Å². The van der Waals surface area contributed by atoms with Crippen molar-refractivity contribution in [1.82, 2.24) is 9.88 Å². The number of carboxylic acids is 1. The van der Waals surface area contributed by atoms with Crippen LogP contribution >= 0.6 is 0 Å². The number of amides is 1. The van der Waals surface area contributed by atoms with Crippen molar-refractivity contribution < 1.29 is 19.4 Å². The monoisotopic (exact) mass is 292 g/mol. The third-order valence-corrected chi connectivity index (χ3v) is 3.36. The van der Waals surface area contributed by atoms with E-state index in [0.717, 1.165) is 0 Å². The van der Waals surface area contributed by atoms with Crippen molar-refractivity contribution in [2.75, 3.05) is 13.1 Å². The summed E-state index contributed by atoms with van der Waals surface area (Å²) < 4.78 is 5.31. The lowest BCUT2D eigenvalue weighted by molar-refractivity contribution is -0.141. The number of carbonyl (C=O) groups excluding carboxylic acids is 1. The lowest BCUT2D eigenvalue weighted by Crippen LogP contribution is -2.35. The van der Waals surface area contributed by atoms with Crippen LogP contribution in [0.1, 0.15) is 32.4 Å². The summed E-state index contributed by atoms with van der Waals surface area (Å²) in [6.45, 7) is 5.80. The highest BCUT2D eigenvalue weighted by molar-refractivity contribution is 5.75. The average Bonchev–Trinajstić information content (AvgIpc) is 2.83. The number of likely N-dealkylation sites (tertiary alicyclic amines) is 1. The number of nitrogens with zero attached hydrogens (tertiary/aromatic N) is 2. The number of hydrogen-bond acceptors (Lipinski definition) is 4. The Labute approximate surface area is 123 Å². The predicted octanol–water partition coefficient (Wildman–Crippen LogP) is 2.12.